The molecule has 0 saturated carbocycles. The monoisotopic (exact) mass is 619 g/mol. The van der Waals surface area contributed by atoms with E-state index in [9.17, 15) is 0 Å². The highest BCUT2D eigenvalue weighted by Crippen LogP contribution is 2.62. The minimum atomic E-state index is -0.488. The number of anilines is 1. The number of hydrogen-bond donors (Lipinski definition) is 1. The molecule has 2 nitrogen and oxygen atoms in total. The number of rotatable bonds is 3. The van der Waals surface area contributed by atoms with Gasteiger partial charge in [-0.1, -0.05) is 133 Å². The van der Waals surface area contributed by atoms with Crippen molar-refractivity contribution in [1.29, 1.82) is 0 Å². The summed E-state index contributed by atoms with van der Waals surface area (Å²) in [4.78, 5) is 0. The lowest BCUT2D eigenvalue weighted by molar-refractivity contribution is 0.436. The molecule has 0 radical (unpaired) electrons. The van der Waals surface area contributed by atoms with Crippen molar-refractivity contribution in [2.45, 2.75) is 11.3 Å². The lowest BCUT2D eigenvalue weighted by atomic mass is 9.65. The van der Waals surface area contributed by atoms with Gasteiger partial charge in [0.1, 0.15) is 11.5 Å². The van der Waals surface area contributed by atoms with Crippen LogP contribution in [0.3, 0.4) is 0 Å². The maximum absolute atomic E-state index is 6.53. The summed E-state index contributed by atoms with van der Waals surface area (Å²) in [6.45, 7) is 10.2. The molecule has 48 heavy (non-hydrogen) atoms. The Balaban J connectivity index is 0.000000358. The van der Waals surface area contributed by atoms with E-state index in [4.69, 9.17) is 10.5 Å². The molecule has 7 aromatic carbocycles. The smallest absolute Gasteiger partial charge is 0.132 e. The molecule has 1 aliphatic carbocycles. The van der Waals surface area contributed by atoms with E-state index in [0.29, 0.717) is 0 Å². The van der Waals surface area contributed by atoms with Crippen molar-refractivity contribution >= 4 is 16.5 Å². The third-order valence-corrected chi connectivity index (χ3v) is 9.38. The fraction of sp³-hybridized carbons (Fsp3) is 0.0435. The predicted octanol–water partition coefficient (Wildman–Crippen LogP) is 11.7. The molecule has 2 aliphatic rings. The molecule has 232 valence electrons. The van der Waals surface area contributed by atoms with Gasteiger partial charge in [0.15, 0.2) is 0 Å². The third kappa shape index (κ3) is 4.99. The Morgan fingerprint density at radius 2 is 1.02 bits per heavy atom. The van der Waals surface area contributed by atoms with Crippen LogP contribution < -0.4 is 10.5 Å². The van der Waals surface area contributed by atoms with Gasteiger partial charge in [-0.25, -0.2) is 0 Å². The Bertz CT molecular complexity index is 2190. The zero-order valence-electron chi connectivity index (χ0n) is 26.9. The minimum Gasteiger partial charge on any atom is -0.457 e. The number of nitrogen functional groups attached to an aromatic ring is 1. The van der Waals surface area contributed by atoms with E-state index >= 15 is 0 Å². The Hall–Kier alpha value is -6.12. The Labute approximate surface area is 283 Å². The number of allylic oxidation sites excluding steroid dienone is 1. The molecule has 2 heteroatoms. The summed E-state index contributed by atoms with van der Waals surface area (Å²) in [5.74, 6) is 1.93. The van der Waals surface area contributed by atoms with Gasteiger partial charge in [-0.2, -0.15) is 0 Å². The molecule has 0 amide bonds. The molecule has 9 rings (SSSR count). The van der Waals surface area contributed by atoms with Crippen molar-refractivity contribution in [2.24, 2.45) is 0 Å². The molecule has 1 heterocycles. The van der Waals surface area contributed by atoms with Crippen molar-refractivity contribution in [3.63, 3.8) is 0 Å². The molecule has 1 atom stereocenters. The Morgan fingerprint density at radius 1 is 0.500 bits per heavy atom. The van der Waals surface area contributed by atoms with Gasteiger partial charge in [-0.3, -0.25) is 0 Å². The lowest BCUT2D eigenvalue weighted by Crippen LogP contribution is -2.32. The summed E-state index contributed by atoms with van der Waals surface area (Å²) in [7, 11) is 0. The molecular formula is C46H37NO. The van der Waals surface area contributed by atoms with Crippen molar-refractivity contribution < 1.29 is 4.74 Å². The zero-order chi connectivity index (χ0) is 33.1. The second-order valence-corrected chi connectivity index (χ2v) is 11.9. The highest BCUT2D eigenvalue weighted by Gasteiger charge is 2.51. The van der Waals surface area contributed by atoms with E-state index in [1.807, 2.05) is 30.3 Å². The number of nitrogens with two attached hydrogens (primary N) is 1. The van der Waals surface area contributed by atoms with Crippen LogP contribution in [0, 0.1) is 0 Å². The summed E-state index contributed by atoms with van der Waals surface area (Å²) in [5.41, 5.74) is 15.7. The number of ether oxygens (including phenoxy) is 1. The highest BCUT2D eigenvalue weighted by atomic mass is 16.5. The van der Waals surface area contributed by atoms with Crippen LogP contribution in [-0.4, -0.2) is 0 Å². The molecule has 2 N–H and O–H groups in total. The maximum Gasteiger partial charge on any atom is 0.132 e. The van der Waals surface area contributed by atoms with Crippen molar-refractivity contribution in [3.05, 3.63) is 223 Å². The van der Waals surface area contributed by atoms with Crippen molar-refractivity contribution in [1.82, 2.24) is 0 Å². The average molecular weight is 620 g/mol. The second-order valence-electron chi connectivity index (χ2n) is 11.9. The number of hydrogen-bond acceptors (Lipinski definition) is 2. The first-order valence-electron chi connectivity index (χ1n) is 16.2. The van der Waals surface area contributed by atoms with Gasteiger partial charge in [-0.15, -0.1) is 19.7 Å². The van der Waals surface area contributed by atoms with E-state index in [1.54, 1.807) is 0 Å². The molecule has 1 spiro atoms. The summed E-state index contributed by atoms with van der Waals surface area (Å²) in [5, 5.41) is 2.50. The van der Waals surface area contributed by atoms with Crippen LogP contribution >= 0.6 is 0 Å². The van der Waals surface area contributed by atoms with Crippen LogP contribution in [0.15, 0.2) is 190 Å². The number of para-hydroxylation sites is 3. The first-order valence-corrected chi connectivity index (χ1v) is 16.2. The van der Waals surface area contributed by atoms with Crippen LogP contribution in [0.5, 0.6) is 11.5 Å². The minimum absolute atomic E-state index is 0.0988. The molecule has 0 aromatic heterocycles. The molecule has 7 aromatic rings. The summed E-state index contributed by atoms with van der Waals surface area (Å²) < 4.78 is 6.53. The van der Waals surface area contributed by atoms with Crippen molar-refractivity contribution in [3.8, 4) is 22.6 Å². The summed E-state index contributed by atoms with van der Waals surface area (Å²) in [6, 6.07) is 57.7. The van der Waals surface area contributed by atoms with Gasteiger partial charge >= 0.3 is 0 Å². The molecule has 0 bridgehead atoms. The SMILES string of the molecule is C=C.C=CC(c1ccccc1)c1ccc2c(c1)C1(c3ccccc3Oc3ccccc31)c1cc3ccccc3cc1-2.Nc1ccccc1. The highest BCUT2D eigenvalue weighted by molar-refractivity contribution is 5.97. The van der Waals surface area contributed by atoms with Crippen LogP contribution in [-0.2, 0) is 5.41 Å². The van der Waals surface area contributed by atoms with Gasteiger partial charge in [0.05, 0.1) is 5.41 Å². The topological polar surface area (TPSA) is 35.2 Å². The van der Waals surface area contributed by atoms with Crippen LogP contribution in [0.25, 0.3) is 21.9 Å². The second kappa shape index (κ2) is 12.9. The maximum atomic E-state index is 6.53. The van der Waals surface area contributed by atoms with E-state index in [2.05, 4.69) is 159 Å². The summed E-state index contributed by atoms with van der Waals surface area (Å²) in [6.07, 6.45) is 2.06. The first-order chi connectivity index (χ1) is 23.7. The first kappa shape index (κ1) is 30.5. The predicted molar refractivity (Wildman–Crippen MR) is 202 cm³/mol. The van der Waals surface area contributed by atoms with Gasteiger partial charge < -0.3 is 10.5 Å². The molecule has 0 fully saturated rings. The fourth-order valence-corrected chi connectivity index (χ4v) is 7.37. The molecule has 0 saturated heterocycles. The normalized spacial score (nSPS) is 13.2. The van der Waals surface area contributed by atoms with Crippen LogP contribution in [0.2, 0.25) is 0 Å². The largest absolute Gasteiger partial charge is 0.457 e. The lowest BCUT2D eigenvalue weighted by Gasteiger charge is -2.39. The van der Waals surface area contributed by atoms with E-state index in [0.717, 1.165) is 17.2 Å². The van der Waals surface area contributed by atoms with E-state index in [1.165, 1.54) is 55.3 Å². The zero-order valence-corrected chi connectivity index (χ0v) is 26.9. The molecule has 1 aliphatic heterocycles. The van der Waals surface area contributed by atoms with Gasteiger partial charge in [0, 0.05) is 22.7 Å². The number of fused-ring (bicyclic) bond motifs is 10. The van der Waals surface area contributed by atoms with Gasteiger partial charge in [0.2, 0.25) is 0 Å². The molecular weight excluding hydrogens is 583 g/mol. The standard InChI is InChI=1S/C38H26O.C6H7N.C2H4/c1-2-29(25-12-4-3-5-13-25)28-20-21-30-31-22-26-14-6-7-15-27(26)23-35(31)38(34(30)24-28)32-16-8-10-18-36(32)39-37-19-11-9-17-33(37)38;7-6-4-2-1-3-5-6;1-2/h2-24,29H,1H2;1-5H,7H2;1-2H2. The van der Waals surface area contributed by atoms with Crippen LogP contribution in [0.1, 0.15) is 39.3 Å². The Kier molecular flexibility index (Phi) is 8.23. The van der Waals surface area contributed by atoms with Gasteiger partial charge in [-0.05, 0) is 80.6 Å². The fourth-order valence-electron chi connectivity index (χ4n) is 7.37. The average Bonchev–Trinajstić information content (AvgIpc) is 3.42. The van der Waals surface area contributed by atoms with E-state index < -0.39 is 5.41 Å². The molecule has 1 unspecified atom stereocenters. The quantitative estimate of drug-likeness (QED) is 0.158. The Morgan fingerprint density at radius 3 is 1.60 bits per heavy atom. The number of benzene rings is 7. The van der Waals surface area contributed by atoms with E-state index in [-0.39, 0.29) is 5.92 Å². The van der Waals surface area contributed by atoms with Crippen LogP contribution in [0.4, 0.5) is 5.69 Å². The van der Waals surface area contributed by atoms with Gasteiger partial charge in [0.25, 0.3) is 0 Å². The van der Waals surface area contributed by atoms with Crippen molar-refractivity contribution in [2.75, 3.05) is 5.73 Å². The third-order valence-electron chi connectivity index (χ3n) is 9.38. The summed E-state index contributed by atoms with van der Waals surface area (Å²) >= 11 is 0.